The predicted molar refractivity (Wildman–Crippen MR) is 147 cm³/mol. The van der Waals surface area contributed by atoms with Gasteiger partial charge >= 0.3 is 0 Å². The Morgan fingerprint density at radius 1 is 1.05 bits per heavy atom. The number of carbonyl (C=O) groups is 1. The van der Waals surface area contributed by atoms with Crippen molar-refractivity contribution < 1.29 is 27.1 Å². The maximum Gasteiger partial charge on any atom is 0.245 e. The average Bonchev–Trinajstić information content (AvgIpc) is 3.43. The molecule has 2 aromatic carbocycles. The number of amides is 1. The quantitative estimate of drug-likeness (QED) is 0.258. The van der Waals surface area contributed by atoms with Crippen molar-refractivity contribution in [3.8, 4) is 11.5 Å². The molecule has 0 spiro atoms. The van der Waals surface area contributed by atoms with Gasteiger partial charge in [-0.15, -0.1) is 0 Å². The minimum absolute atomic E-state index is 0.0380. The Labute approximate surface area is 234 Å². The molecule has 11 heteroatoms. The van der Waals surface area contributed by atoms with E-state index in [1.165, 1.54) is 28.8 Å². The first kappa shape index (κ1) is 29.8. The summed E-state index contributed by atoms with van der Waals surface area (Å²) in [5.41, 5.74) is 0.928. The lowest BCUT2D eigenvalue weighted by atomic mass is 10.1. The first-order valence-electron chi connectivity index (χ1n) is 12.1. The number of carbonyl (C=O) groups excluding carboxylic acids is 1. The fraction of sp³-hybridized carbons (Fsp3) is 0.370. The third kappa shape index (κ3) is 7.22. The highest BCUT2D eigenvalue weighted by atomic mass is 35.5. The van der Waals surface area contributed by atoms with Gasteiger partial charge in [0, 0.05) is 17.6 Å². The zero-order valence-electron chi connectivity index (χ0n) is 21.8. The number of ether oxygens (including phenoxy) is 2. The van der Waals surface area contributed by atoms with Gasteiger partial charge in [-0.05, 0) is 67.8 Å². The third-order valence-electron chi connectivity index (χ3n) is 6.25. The highest BCUT2D eigenvalue weighted by Gasteiger charge is 2.33. The van der Waals surface area contributed by atoms with Gasteiger partial charge in [0.1, 0.15) is 10.7 Å². The summed E-state index contributed by atoms with van der Waals surface area (Å²) in [4.78, 5) is 15.1. The lowest BCUT2D eigenvalue weighted by Gasteiger charge is -2.30. The molecule has 0 bridgehead atoms. The summed E-state index contributed by atoms with van der Waals surface area (Å²) in [6, 6.07) is 12.8. The number of rotatable bonds is 13. The summed E-state index contributed by atoms with van der Waals surface area (Å²) in [5.74, 6) is 1.40. The Morgan fingerprint density at radius 2 is 1.79 bits per heavy atom. The van der Waals surface area contributed by atoms with Crippen molar-refractivity contribution in [3.05, 3.63) is 76.2 Å². The van der Waals surface area contributed by atoms with E-state index in [0.717, 1.165) is 5.56 Å². The van der Waals surface area contributed by atoms with Gasteiger partial charge in [0.05, 0.1) is 38.6 Å². The molecule has 0 fully saturated rings. The molecule has 0 aliphatic carbocycles. The number of nitrogens with zero attached hydrogens (tertiary/aromatic N) is 2. The van der Waals surface area contributed by atoms with E-state index in [-0.39, 0.29) is 33.9 Å². The van der Waals surface area contributed by atoms with Crippen LogP contribution in [-0.2, 0) is 27.8 Å². The van der Waals surface area contributed by atoms with E-state index in [9.17, 15) is 13.2 Å². The number of benzene rings is 2. The third-order valence-corrected chi connectivity index (χ3v) is 8.93. The van der Waals surface area contributed by atoms with Gasteiger partial charge in [-0.25, -0.2) is 8.42 Å². The van der Waals surface area contributed by atoms with E-state index >= 15 is 0 Å². The minimum Gasteiger partial charge on any atom is -0.493 e. The van der Waals surface area contributed by atoms with E-state index in [1.54, 1.807) is 44.2 Å². The van der Waals surface area contributed by atoms with Crippen LogP contribution in [0, 0.1) is 0 Å². The molecule has 0 saturated heterocycles. The van der Waals surface area contributed by atoms with Gasteiger partial charge in [-0.2, -0.15) is 4.31 Å². The summed E-state index contributed by atoms with van der Waals surface area (Å²) < 4.78 is 44.7. The fourth-order valence-electron chi connectivity index (χ4n) is 3.90. The van der Waals surface area contributed by atoms with Crippen LogP contribution in [0.25, 0.3) is 0 Å². The van der Waals surface area contributed by atoms with Crippen molar-refractivity contribution in [2.75, 3.05) is 27.3 Å². The van der Waals surface area contributed by atoms with Gasteiger partial charge in [-0.1, -0.05) is 36.2 Å². The van der Waals surface area contributed by atoms with Crippen molar-refractivity contribution in [2.24, 2.45) is 0 Å². The molecule has 1 heterocycles. The first-order valence-corrected chi connectivity index (χ1v) is 14.3. The molecule has 0 aliphatic heterocycles. The summed E-state index contributed by atoms with van der Waals surface area (Å²) in [6.45, 7) is 3.75. The minimum atomic E-state index is -4.12. The van der Waals surface area contributed by atoms with Crippen molar-refractivity contribution in [1.82, 2.24) is 9.21 Å². The van der Waals surface area contributed by atoms with Gasteiger partial charge in [0.2, 0.25) is 15.9 Å². The van der Waals surface area contributed by atoms with Gasteiger partial charge < -0.3 is 18.8 Å². The largest absolute Gasteiger partial charge is 0.493 e. The van der Waals surface area contributed by atoms with Crippen LogP contribution in [0.15, 0.2) is 64.1 Å². The lowest BCUT2D eigenvalue weighted by molar-refractivity contribution is -0.132. The molecule has 3 rings (SSSR count). The Morgan fingerprint density at radius 3 is 2.42 bits per heavy atom. The van der Waals surface area contributed by atoms with E-state index in [0.29, 0.717) is 36.6 Å². The zero-order valence-corrected chi connectivity index (χ0v) is 24.1. The highest BCUT2D eigenvalue weighted by molar-refractivity contribution is 7.89. The van der Waals surface area contributed by atoms with E-state index in [2.05, 4.69) is 0 Å². The van der Waals surface area contributed by atoms with Crippen molar-refractivity contribution in [1.29, 1.82) is 0 Å². The normalized spacial score (nSPS) is 12.4. The van der Waals surface area contributed by atoms with Crippen molar-refractivity contribution in [3.63, 3.8) is 0 Å². The Kier molecular flexibility index (Phi) is 10.5. The SMILES string of the molecule is CC[C@H](C)N(CC(=O)N(CCc1ccc(OC)c(OC)c1)Cc1ccco1)S(=O)(=O)c1cc(Cl)ccc1Cl. The number of halogens is 2. The van der Waals surface area contributed by atoms with E-state index in [1.807, 2.05) is 19.1 Å². The van der Waals surface area contributed by atoms with E-state index in [4.69, 9.17) is 37.1 Å². The molecule has 38 heavy (non-hydrogen) atoms. The molecule has 1 atom stereocenters. The number of sulfonamides is 1. The summed E-state index contributed by atoms with van der Waals surface area (Å²) in [5, 5.41) is 0.272. The molecule has 0 radical (unpaired) electrons. The van der Waals surface area contributed by atoms with Crippen LogP contribution in [-0.4, -0.2) is 56.9 Å². The molecular formula is C27H32Cl2N2O6S. The van der Waals surface area contributed by atoms with Crippen LogP contribution < -0.4 is 9.47 Å². The number of hydrogen-bond donors (Lipinski definition) is 0. The van der Waals surface area contributed by atoms with Crippen LogP contribution in [0.4, 0.5) is 0 Å². The topological polar surface area (TPSA) is 89.3 Å². The maximum absolute atomic E-state index is 13.7. The second-order valence-corrected chi connectivity index (χ2v) is 11.4. The van der Waals surface area contributed by atoms with Crippen LogP contribution in [0.2, 0.25) is 10.0 Å². The molecule has 206 valence electrons. The maximum atomic E-state index is 13.7. The zero-order chi connectivity index (χ0) is 27.9. The first-order chi connectivity index (χ1) is 18.1. The van der Waals surface area contributed by atoms with Crippen LogP contribution in [0.1, 0.15) is 31.6 Å². The van der Waals surface area contributed by atoms with Crippen LogP contribution >= 0.6 is 23.2 Å². The summed E-state index contributed by atoms with van der Waals surface area (Å²) in [7, 11) is -1.000. The summed E-state index contributed by atoms with van der Waals surface area (Å²) in [6.07, 6.45) is 2.53. The highest BCUT2D eigenvalue weighted by Crippen LogP contribution is 2.30. The van der Waals surface area contributed by atoms with Crippen LogP contribution in [0.5, 0.6) is 11.5 Å². The Balaban J connectivity index is 1.88. The smallest absolute Gasteiger partial charge is 0.245 e. The molecule has 3 aromatic rings. The van der Waals surface area contributed by atoms with Gasteiger partial charge in [0.15, 0.2) is 11.5 Å². The second kappa shape index (κ2) is 13.4. The van der Waals surface area contributed by atoms with E-state index < -0.39 is 16.1 Å². The fourth-order valence-corrected chi connectivity index (χ4v) is 6.29. The number of furan rings is 1. The standard InChI is InChI=1S/C27H32Cl2N2O6S/c1-5-19(2)31(38(33,34)26-16-21(28)9-10-23(26)29)18-27(32)30(17-22-7-6-14-37-22)13-12-20-8-11-24(35-3)25(15-20)36-4/h6-11,14-16,19H,5,12-13,17-18H2,1-4H3/t19-/m0/s1. The van der Waals surface area contributed by atoms with Crippen LogP contribution in [0.3, 0.4) is 0 Å². The molecule has 0 N–H and O–H groups in total. The Bertz CT molecular complexity index is 1330. The molecular weight excluding hydrogens is 551 g/mol. The number of hydrogen-bond acceptors (Lipinski definition) is 6. The molecule has 0 aliphatic rings. The molecule has 1 aromatic heterocycles. The second-order valence-electron chi connectivity index (χ2n) is 8.72. The lowest BCUT2D eigenvalue weighted by Crippen LogP contribution is -2.46. The molecule has 0 unspecified atom stereocenters. The predicted octanol–water partition coefficient (Wildman–Crippen LogP) is 5.66. The molecule has 8 nitrogen and oxygen atoms in total. The number of methoxy groups -OCH3 is 2. The van der Waals surface area contributed by atoms with Gasteiger partial charge in [0.25, 0.3) is 0 Å². The van der Waals surface area contributed by atoms with Crippen molar-refractivity contribution in [2.45, 2.75) is 44.2 Å². The van der Waals surface area contributed by atoms with Crippen molar-refractivity contribution >= 4 is 39.1 Å². The average molecular weight is 584 g/mol. The molecule has 0 saturated carbocycles. The summed E-state index contributed by atoms with van der Waals surface area (Å²) >= 11 is 12.3. The van der Waals surface area contributed by atoms with Gasteiger partial charge in [-0.3, -0.25) is 4.79 Å². The monoisotopic (exact) mass is 582 g/mol. The molecule has 1 amide bonds. The Hall–Kier alpha value is -2.72.